The lowest BCUT2D eigenvalue weighted by Crippen LogP contribution is -2.15. The van der Waals surface area contributed by atoms with Crippen LogP contribution < -0.4 is 10.5 Å². The monoisotopic (exact) mass is 413 g/mol. The van der Waals surface area contributed by atoms with Gasteiger partial charge in [-0.3, -0.25) is 0 Å². The summed E-state index contributed by atoms with van der Waals surface area (Å²) in [5.74, 6) is 1.51. The maximum atomic E-state index is 6.08. The summed E-state index contributed by atoms with van der Waals surface area (Å²) in [4.78, 5) is 0. The van der Waals surface area contributed by atoms with Crippen LogP contribution in [0, 0.1) is 0 Å². The van der Waals surface area contributed by atoms with Gasteiger partial charge in [-0.05, 0) is 61.2 Å². The van der Waals surface area contributed by atoms with E-state index in [-0.39, 0.29) is 0 Å². The van der Waals surface area contributed by atoms with E-state index in [1.807, 2.05) is 48.5 Å². The Morgan fingerprint density at radius 2 is 1.69 bits per heavy atom. The fraction of sp³-hybridized carbons (Fsp3) is 0.360. The third-order valence-corrected chi connectivity index (χ3v) is 4.90. The lowest BCUT2D eigenvalue weighted by atomic mass is 10.1. The molecule has 1 heterocycles. The van der Waals surface area contributed by atoms with Crippen LogP contribution in [0.5, 0.6) is 5.75 Å². The molecule has 1 aromatic heterocycles. The van der Waals surface area contributed by atoms with Gasteiger partial charge in [0.2, 0.25) is 0 Å². The van der Waals surface area contributed by atoms with Crippen molar-refractivity contribution in [2.45, 2.75) is 59.0 Å². The van der Waals surface area contributed by atoms with E-state index in [9.17, 15) is 0 Å². The molecule has 3 rings (SSSR count). The highest BCUT2D eigenvalue weighted by atomic mass is 35.5. The molecule has 0 atom stereocenters. The number of halogens is 1. The molecular weight excluding hydrogens is 382 g/mol. The van der Waals surface area contributed by atoms with Gasteiger partial charge in [0, 0.05) is 10.4 Å². The van der Waals surface area contributed by atoms with Gasteiger partial charge in [-0.2, -0.15) is 0 Å². The van der Waals surface area contributed by atoms with Gasteiger partial charge in [-0.1, -0.05) is 63.9 Å². The smallest absolute Gasteiger partial charge is 0.150 e. The number of aryl methyl sites for hydroxylation is 1. The minimum atomic E-state index is 0.290. The topological polar surface area (TPSA) is 48.4 Å². The van der Waals surface area contributed by atoms with Crippen molar-refractivity contribution in [3.05, 3.63) is 71.5 Å². The predicted octanol–water partition coefficient (Wildman–Crippen LogP) is 7.61. The second-order valence-electron chi connectivity index (χ2n) is 7.13. The number of furan rings is 1. The van der Waals surface area contributed by atoms with Crippen molar-refractivity contribution in [3.63, 3.8) is 0 Å². The Kier molecular flexibility index (Phi) is 9.14. The van der Waals surface area contributed by atoms with Gasteiger partial charge in [0.05, 0.1) is 11.8 Å². The number of benzene rings is 2. The zero-order chi connectivity index (χ0) is 21.2. The average Bonchev–Trinajstić information content (AvgIpc) is 3.13. The Hall–Kier alpha value is -2.39. The van der Waals surface area contributed by atoms with Gasteiger partial charge < -0.3 is 14.9 Å². The van der Waals surface area contributed by atoms with Gasteiger partial charge in [-0.25, -0.2) is 0 Å². The van der Waals surface area contributed by atoms with Crippen LogP contribution in [-0.2, 0) is 6.42 Å². The quantitative estimate of drug-likeness (QED) is 0.413. The van der Waals surface area contributed by atoms with Gasteiger partial charge in [0.1, 0.15) is 17.1 Å². The number of ether oxygens (including phenoxy) is 1. The molecule has 0 spiro atoms. The lowest BCUT2D eigenvalue weighted by Gasteiger charge is -2.17. The van der Waals surface area contributed by atoms with Crippen molar-refractivity contribution in [2.24, 2.45) is 5.73 Å². The summed E-state index contributed by atoms with van der Waals surface area (Å²) in [6.07, 6.45) is 5.81. The Balaban J connectivity index is 0.000000278. The molecule has 29 heavy (non-hydrogen) atoms. The van der Waals surface area contributed by atoms with Crippen molar-refractivity contribution in [1.29, 1.82) is 0 Å². The number of nitrogens with two attached hydrogens (primary N) is 1. The highest BCUT2D eigenvalue weighted by Gasteiger charge is 2.10. The van der Waals surface area contributed by atoms with Crippen LogP contribution in [0.2, 0.25) is 5.02 Å². The van der Waals surface area contributed by atoms with Gasteiger partial charge in [-0.15, -0.1) is 0 Å². The first kappa shape index (κ1) is 22.9. The number of hydrogen-bond donors (Lipinski definition) is 1. The first-order valence-corrected chi connectivity index (χ1v) is 10.7. The highest BCUT2D eigenvalue weighted by Crippen LogP contribution is 2.27. The molecule has 4 heteroatoms. The molecule has 0 aliphatic heterocycles. The molecule has 2 N–H and O–H groups in total. The Morgan fingerprint density at radius 1 is 1.03 bits per heavy atom. The molecule has 0 amide bonds. The van der Waals surface area contributed by atoms with Gasteiger partial charge >= 0.3 is 0 Å². The molecule has 0 unspecified atom stereocenters. The largest absolute Gasteiger partial charge is 0.490 e. The molecule has 0 bridgehead atoms. The SMILES string of the molecule is C=C(N)c1cc2cc(OC(CCC)CCC)ccc2o1.CCc1ccc(Cl)cc1. The van der Waals surface area contributed by atoms with Crippen LogP contribution in [-0.4, -0.2) is 6.10 Å². The fourth-order valence-corrected chi connectivity index (χ4v) is 3.20. The van der Waals surface area contributed by atoms with Crippen LogP contribution in [0.4, 0.5) is 0 Å². The minimum Gasteiger partial charge on any atom is -0.490 e. The zero-order valence-corrected chi connectivity index (χ0v) is 18.5. The highest BCUT2D eigenvalue weighted by molar-refractivity contribution is 6.30. The maximum Gasteiger partial charge on any atom is 0.150 e. The summed E-state index contributed by atoms with van der Waals surface area (Å²) in [6.45, 7) is 10.2. The van der Waals surface area contributed by atoms with E-state index in [1.165, 1.54) is 5.56 Å². The Bertz CT molecular complexity index is 893. The van der Waals surface area contributed by atoms with Crippen LogP contribution >= 0.6 is 11.6 Å². The van der Waals surface area contributed by atoms with Crippen molar-refractivity contribution < 1.29 is 9.15 Å². The average molecular weight is 414 g/mol. The van der Waals surface area contributed by atoms with E-state index in [2.05, 4.69) is 27.4 Å². The van der Waals surface area contributed by atoms with E-state index < -0.39 is 0 Å². The molecule has 3 nitrogen and oxygen atoms in total. The molecule has 0 radical (unpaired) electrons. The van der Waals surface area contributed by atoms with Gasteiger partial charge in [0.25, 0.3) is 0 Å². The maximum absolute atomic E-state index is 6.08. The molecule has 156 valence electrons. The van der Waals surface area contributed by atoms with Crippen LogP contribution in [0.1, 0.15) is 57.8 Å². The second kappa shape index (κ2) is 11.6. The molecule has 0 saturated heterocycles. The second-order valence-corrected chi connectivity index (χ2v) is 7.57. The van der Waals surface area contributed by atoms with Crippen molar-refractivity contribution in [2.75, 3.05) is 0 Å². The molecule has 2 aromatic carbocycles. The summed E-state index contributed by atoms with van der Waals surface area (Å²) in [5, 5.41) is 1.81. The third-order valence-electron chi connectivity index (χ3n) is 4.65. The Labute approximate surface area is 179 Å². The van der Waals surface area contributed by atoms with Crippen molar-refractivity contribution in [1.82, 2.24) is 0 Å². The molecular formula is C25H32ClNO2. The summed E-state index contributed by atoms with van der Waals surface area (Å²) >= 11 is 5.67. The third kappa shape index (κ3) is 7.17. The van der Waals surface area contributed by atoms with Crippen molar-refractivity contribution >= 4 is 28.3 Å². The minimum absolute atomic E-state index is 0.290. The Morgan fingerprint density at radius 3 is 2.24 bits per heavy atom. The van der Waals surface area contributed by atoms with Crippen LogP contribution in [0.3, 0.4) is 0 Å². The first-order valence-electron chi connectivity index (χ1n) is 10.4. The van der Waals surface area contributed by atoms with E-state index in [0.717, 1.165) is 53.8 Å². The normalized spacial score (nSPS) is 10.7. The van der Waals surface area contributed by atoms with Gasteiger partial charge in [0.15, 0.2) is 0 Å². The lowest BCUT2D eigenvalue weighted by molar-refractivity contribution is 0.179. The molecule has 0 aliphatic rings. The zero-order valence-electron chi connectivity index (χ0n) is 17.7. The summed E-state index contributed by atoms with van der Waals surface area (Å²) in [6, 6.07) is 15.7. The summed E-state index contributed by atoms with van der Waals surface area (Å²) in [7, 11) is 0. The van der Waals surface area contributed by atoms with Crippen LogP contribution in [0.25, 0.3) is 16.7 Å². The fourth-order valence-electron chi connectivity index (χ4n) is 3.07. The molecule has 0 fully saturated rings. The molecule has 0 aliphatic carbocycles. The van der Waals surface area contributed by atoms with E-state index >= 15 is 0 Å². The standard InChI is InChI=1S/C17H23NO2.C8H9Cl/c1-4-6-14(7-5-2)19-15-8-9-16-13(10-15)11-17(20-16)12(3)18;1-2-7-3-5-8(9)6-4-7/h8-11,14H,3-7,18H2,1-2H3;3-6H,2H2,1H3. The molecule has 0 saturated carbocycles. The van der Waals surface area contributed by atoms with Crippen LogP contribution in [0.15, 0.2) is 59.5 Å². The van der Waals surface area contributed by atoms with Crippen molar-refractivity contribution in [3.8, 4) is 5.75 Å². The van der Waals surface area contributed by atoms with E-state index in [1.54, 1.807) is 0 Å². The number of rotatable bonds is 8. The number of hydrogen-bond acceptors (Lipinski definition) is 3. The predicted molar refractivity (Wildman–Crippen MR) is 124 cm³/mol. The molecule has 3 aromatic rings. The first-order chi connectivity index (χ1) is 14.0. The summed E-state index contributed by atoms with van der Waals surface area (Å²) in [5.41, 5.74) is 8.24. The number of fused-ring (bicyclic) bond motifs is 1. The van der Waals surface area contributed by atoms with E-state index in [0.29, 0.717) is 17.6 Å². The summed E-state index contributed by atoms with van der Waals surface area (Å²) < 4.78 is 11.7. The van der Waals surface area contributed by atoms with E-state index in [4.69, 9.17) is 26.5 Å².